The minimum Gasteiger partial charge on any atom is -0.465 e. The lowest BCUT2D eigenvalue weighted by Crippen LogP contribution is -2.52. The first kappa shape index (κ1) is 29.6. The van der Waals surface area contributed by atoms with Crippen LogP contribution in [0.5, 0.6) is 0 Å². The Morgan fingerprint density at radius 1 is 0.806 bits per heavy atom. The van der Waals surface area contributed by atoms with Crippen molar-refractivity contribution < 1.29 is 29.0 Å². The van der Waals surface area contributed by atoms with Crippen LogP contribution in [0.4, 0.5) is 14.4 Å². The summed E-state index contributed by atoms with van der Waals surface area (Å²) in [6, 6.07) is 0. The Bertz CT molecular complexity index is 629. The Balaban J connectivity index is 6.23. The van der Waals surface area contributed by atoms with Gasteiger partial charge in [0.15, 0.2) is 0 Å². The maximum atomic E-state index is 13.0. The zero-order valence-corrected chi connectivity index (χ0v) is 22.4. The second kappa shape index (κ2) is 13.9. The predicted molar refractivity (Wildman–Crippen MR) is 127 cm³/mol. The van der Waals surface area contributed by atoms with E-state index in [1.54, 1.807) is 41.5 Å². The maximum absolute atomic E-state index is 13.0. The van der Waals surface area contributed by atoms with Crippen molar-refractivity contribution in [3.05, 3.63) is 0 Å². The Hall–Kier alpha value is -1.36. The fourth-order valence-corrected chi connectivity index (χ4v) is 3.03. The van der Waals surface area contributed by atoms with Gasteiger partial charge in [0, 0.05) is 23.7 Å². The maximum Gasteiger partial charge on any atom is 0.437 e. The van der Waals surface area contributed by atoms with Crippen molar-refractivity contribution in [1.82, 2.24) is 9.80 Å². The molecule has 0 aromatic rings. The molecule has 0 heterocycles. The Morgan fingerprint density at radius 3 is 1.65 bits per heavy atom. The van der Waals surface area contributed by atoms with Crippen molar-refractivity contribution in [3.8, 4) is 0 Å². The average Bonchev–Trinajstić information content (AvgIpc) is 2.58. The molecule has 3 amide bonds. The van der Waals surface area contributed by atoms with Gasteiger partial charge in [-0.2, -0.15) is 0 Å². The second-order valence-electron chi connectivity index (χ2n) is 8.75. The number of rotatable bonds is 8. The van der Waals surface area contributed by atoms with Crippen LogP contribution in [0.25, 0.3) is 0 Å². The number of ether oxygens (including phenoxy) is 2. The van der Waals surface area contributed by atoms with Gasteiger partial charge in [0.05, 0.1) is 0 Å². The molecule has 9 nitrogen and oxygen atoms in total. The van der Waals surface area contributed by atoms with Crippen LogP contribution in [0, 0.1) is 0 Å². The van der Waals surface area contributed by atoms with E-state index in [1.807, 2.05) is 0 Å². The van der Waals surface area contributed by atoms with E-state index in [9.17, 15) is 19.5 Å². The first-order chi connectivity index (χ1) is 14.2. The van der Waals surface area contributed by atoms with Crippen LogP contribution >= 0.6 is 31.9 Å². The first-order valence-electron chi connectivity index (χ1n) is 10.2. The third-order valence-electron chi connectivity index (χ3n) is 3.44. The zero-order chi connectivity index (χ0) is 24.2. The summed E-state index contributed by atoms with van der Waals surface area (Å²) in [5.41, 5.74) is -1.64. The SMILES string of the molecule is CC(C)(C)OC(=O)N=C(N(CCCCBr)C(=O)O)N(CCCCBr)C(=O)OC(C)(C)C. The quantitative estimate of drug-likeness (QED) is 0.169. The molecule has 0 fully saturated rings. The molecule has 1 N–H and O–H groups in total. The third kappa shape index (κ3) is 13.6. The Kier molecular flexibility index (Phi) is 13.3. The number of hydrogen-bond donors (Lipinski definition) is 1. The number of carbonyl (C=O) groups excluding carboxylic acids is 2. The van der Waals surface area contributed by atoms with Gasteiger partial charge in [0.25, 0.3) is 0 Å². The molecule has 0 unspecified atom stereocenters. The van der Waals surface area contributed by atoms with E-state index in [4.69, 9.17) is 9.47 Å². The highest BCUT2D eigenvalue weighted by Crippen LogP contribution is 2.16. The van der Waals surface area contributed by atoms with Crippen molar-refractivity contribution >= 4 is 56.1 Å². The lowest BCUT2D eigenvalue weighted by molar-refractivity contribution is 0.0347. The normalized spacial score (nSPS) is 12.3. The molecule has 0 radical (unpaired) electrons. The van der Waals surface area contributed by atoms with E-state index < -0.39 is 29.5 Å². The van der Waals surface area contributed by atoms with Crippen molar-refractivity contribution in [3.63, 3.8) is 0 Å². The minimum absolute atomic E-state index is 0.0559. The van der Waals surface area contributed by atoms with Gasteiger partial charge in [0.1, 0.15) is 11.2 Å². The summed E-state index contributed by atoms with van der Waals surface area (Å²) in [6.45, 7) is 10.3. The van der Waals surface area contributed by atoms with Gasteiger partial charge in [-0.1, -0.05) is 31.9 Å². The summed E-state index contributed by atoms with van der Waals surface area (Å²) < 4.78 is 10.7. The molecular weight excluding hydrogens is 538 g/mol. The number of nitrogens with zero attached hydrogens (tertiary/aromatic N) is 3. The molecule has 0 aromatic carbocycles. The molecule has 0 bridgehead atoms. The van der Waals surface area contributed by atoms with Crippen LogP contribution in [0.3, 0.4) is 0 Å². The molecule has 0 aliphatic rings. The number of guanidine groups is 1. The minimum atomic E-state index is -1.33. The molecule has 0 rings (SSSR count). The van der Waals surface area contributed by atoms with Gasteiger partial charge in [0.2, 0.25) is 5.96 Å². The van der Waals surface area contributed by atoms with Crippen molar-refractivity contribution in [2.45, 2.75) is 78.4 Å². The van der Waals surface area contributed by atoms with Crippen LogP contribution in [0.2, 0.25) is 0 Å². The van der Waals surface area contributed by atoms with Crippen molar-refractivity contribution in [1.29, 1.82) is 0 Å². The van der Waals surface area contributed by atoms with Gasteiger partial charge in [-0.3, -0.25) is 0 Å². The molecule has 0 saturated heterocycles. The predicted octanol–water partition coefficient (Wildman–Crippen LogP) is 5.84. The molecule has 0 aromatic heterocycles. The fourth-order valence-electron chi connectivity index (χ4n) is 2.23. The third-order valence-corrected chi connectivity index (χ3v) is 4.56. The van der Waals surface area contributed by atoms with Crippen molar-refractivity contribution in [2.75, 3.05) is 23.7 Å². The first-order valence-corrected chi connectivity index (χ1v) is 12.4. The molecular formula is C20H35Br2N3O6. The Labute approximate surface area is 201 Å². The highest BCUT2D eigenvalue weighted by molar-refractivity contribution is 9.09. The molecule has 0 aliphatic heterocycles. The zero-order valence-electron chi connectivity index (χ0n) is 19.2. The van der Waals surface area contributed by atoms with Gasteiger partial charge < -0.3 is 14.6 Å². The van der Waals surface area contributed by atoms with Gasteiger partial charge >= 0.3 is 18.3 Å². The summed E-state index contributed by atoms with van der Waals surface area (Å²) in [5.74, 6) is -0.319. The highest BCUT2D eigenvalue weighted by Gasteiger charge is 2.33. The molecule has 0 spiro atoms. The monoisotopic (exact) mass is 571 g/mol. The number of alkyl halides is 2. The lowest BCUT2D eigenvalue weighted by Gasteiger charge is -2.32. The number of carbonyl (C=O) groups is 3. The van der Waals surface area contributed by atoms with Gasteiger partial charge in [-0.05, 0) is 67.2 Å². The van der Waals surface area contributed by atoms with E-state index in [0.717, 1.165) is 16.2 Å². The number of amides is 3. The van der Waals surface area contributed by atoms with E-state index in [1.165, 1.54) is 0 Å². The second-order valence-corrected chi connectivity index (χ2v) is 10.3. The number of halogens is 2. The molecule has 0 atom stereocenters. The number of hydrogen-bond acceptors (Lipinski definition) is 5. The fraction of sp³-hybridized carbons (Fsp3) is 0.800. The molecule has 0 saturated carbocycles. The topological polar surface area (TPSA) is 109 Å². The molecule has 11 heteroatoms. The van der Waals surface area contributed by atoms with Crippen LogP contribution in [0.1, 0.15) is 67.2 Å². The molecule has 180 valence electrons. The summed E-state index contributed by atoms with van der Waals surface area (Å²) in [4.78, 5) is 43.3. The molecule has 31 heavy (non-hydrogen) atoms. The van der Waals surface area contributed by atoms with Crippen LogP contribution < -0.4 is 0 Å². The summed E-state index contributed by atoms with van der Waals surface area (Å²) in [6.07, 6.45) is -0.596. The van der Waals surface area contributed by atoms with Gasteiger partial charge in [-0.25, -0.2) is 24.2 Å². The summed E-state index contributed by atoms with van der Waals surface area (Å²) in [7, 11) is 0. The number of unbranched alkanes of at least 4 members (excludes halogenated alkanes) is 2. The van der Waals surface area contributed by atoms with Crippen LogP contribution in [-0.4, -0.2) is 74.1 Å². The summed E-state index contributed by atoms with van der Waals surface area (Å²) >= 11 is 6.66. The summed E-state index contributed by atoms with van der Waals surface area (Å²) in [5, 5.41) is 11.2. The Morgan fingerprint density at radius 2 is 1.26 bits per heavy atom. The molecule has 0 aliphatic carbocycles. The standard InChI is InChI=1S/C20H35Br2N3O6/c1-19(2,3)30-16(26)23-15(24(17(27)28)13-9-7-11-21)25(14-10-8-12-22)18(29)31-20(4,5)6/h7-14H2,1-6H3,(H,27,28). The number of carboxylic acid groups (broad SMARTS) is 1. The van der Waals surface area contributed by atoms with Crippen LogP contribution in [0.15, 0.2) is 4.99 Å². The lowest BCUT2D eigenvalue weighted by atomic mass is 10.2. The van der Waals surface area contributed by atoms with Crippen molar-refractivity contribution in [2.24, 2.45) is 4.99 Å². The average molecular weight is 573 g/mol. The van der Waals surface area contributed by atoms with E-state index in [2.05, 4.69) is 36.9 Å². The van der Waals surface area contributed by atoms with E-state index in [0.29, 0.717) is 29.9 Å². The van der Waals surface area contributed by atoms with E-state index in [-0.39, 0.29) is 19.0 Å². The largest absolute Gasteiger partial charge is 0.465 e. The van der Waals surface area contributed by atoms with Gasteiger partial charge in [-0.15, -0.1) is 4.99 Å². The smallest absolute Gasteiger partial charge is 0.437 e. The number of aliphatic imine (C=N–C) groups is 1. The highest BCUT2D eigenvalue weighted by atomic mass is 79.9. The van der Waals surface area contributed by atoms with E-state index >= 15 is 0 Å². The van der Waals surface area contributed by atoms with Crippen LogP contribution in [-0.2, 0) is 9.47 Å².